The van der Waals surface area contributed by atoms with Crippen LogP contribution in [0.3, 0.4) is 0 Å². The van der Waals surface area contributed by atoms with E-state index in [2.05, 4.69) is 31.2 Å². The average molecular weight is 823 g/mol. The molecule has 0 aromatic carbocycles. The number of nitrogens with zero attached hydrogens (tertiary/aromatic N) is 2. The third-order valence-corrected chi connectivity index (χ3v) is 9.04. The zero-order chi connectivity index (χ0) is 43.9. The Labute approximate surface area is 333 Å². The van der Waals surface area contributed by atoms with E-state index in [1.165, 1.54) is 12.5 Å². The van der Waals surface area contributed by atoms with Gasteiger partial charge in [0.2, 0.25) is 41.4 Å². The van der Waals surface area contributed by atoms with Crippen LogP contribution in [-0.2, 0) is 54.4 Å². The Morgan fingerprint density at radius 2 is 1.43 bits per heavy atom. The van der Waals surface area contributed by atoms with Crippen molar-refractivity contribution in [2.75, 3.05) is 6.54 Å². The lowest BCUT2D eigenvalue weighted by Gasteiger charge is -2.31. The standard InChI is InChI=1S/C35H54N10O13/c1-16(2)10-19(36)29(51)41-21(11-18-14-38-15-39-18)31(53)44-28(17(3)4)33(55)42-22(13-27(49)50)34(56)45-9-5-6-24(45)32(54)40-20(7-8-26(47)48)30(52)43-23(35(57)58)12-25(37)46/h14-17,19-24,28H,5-13,36H2,1-4H3,(H2,37,46)(H,38,39)(H,40,54)(H,41,51)(H,42,55)(H,43,52)(H,44,53)(H,47,48)(H,49,50)(H,57,58)/t19-,20-,21-,22-,23-,24-,28-/m0/s1. The molecule has 13 N–H and O–H groups in total. The number of amides is 7. The van der Waals surface area contributed by atoms with E-state index in [1.54, 1.807) is 13.8 Å². The number of aromatic amines is 1. The molecule has 1 saturated heterocycles. The van der Waals surface area contributed by atoms with Gasteiger partial charge in [-0.2, -0.15) is 0 Å². The van der Waals surface area contributed by atoms with Crippen LogP contribution in [0.1, 0.15) is 78.3 Å². The molecule has 0 radical (unpaired) electrons. The van der Waals surface area contributed by atoms with Gasteiger partial charge in [-0.05, 0) is 37.5 Å². The lowest BCUT2D eigenvalue weighted by Crippen LogP contribution is -2.61. The number of aromatic nitrogens is 2. The second-order valence-electron chi connectivity index (χ2n) is 14.7. The van der Waals surface area contributed by atoms with Crippen molar-refractivity contribution in [3.05, 3.63) is 18.2 Å². The van der Waals surface area contributed by atoms with Gasteiger partial charge in [0.05, 0.1) is 30.9 Å². The number of rotatable bonds is 24. The lowest BCUT2D eigenvalue weighted by atomic mass is 10.0. The summed E-state index contributed by atoms with van der Waals surface area (Å²) in [5, 5.41) is 40.2. The van der Waals surface area contributed by atoms with Gasteiger partial charge in [-0.15, -0.1) is 0 Å². The van der Waals surface area contributed by atoms with Crippen molar-refractivity contribution in [1.29, 1.82) is 0 Å². The van der Waals surface area contributed by atoms with Crippen LogP contribution in [0.4, 0.5) is 0 Å². The van der Waals surface area contributed by atoms with Gasteiger partial charge in [0.15, 0.2) is 0 Å². The van der Waals surface area contributed by atoms with Crippen LogP contribution < -0.4 is 38.1 Å². The Bertz CT molecular complexity index is 1670. The number of primary amides is 1. The smallest absolute Gasteiger partial charge is 0.326 e. The number of carboxylic acids is 3. The first kappa shape index (κ1) is 48.0. The highest BCUT2D eigenvalue weighted by Crippen LogP contribution is 2.20. The topological polar surface area (TPSA) is 375 Å². The molecule has 2 rings (SSSR count). The van der Waals surface area contributed by atoms with Crippen molar-refractivity contribution in [3.8, 4) is 0 Å². The monoisotopic (exact) mass is 822 g/mol. The largest absolute Gasteiger partial charge is 0.481 e. The van der Waals surface area contributed by atoms with E-state index < -0.39 is 133 Å². The maximum absolute atomic E-state index is 13.9. The molecule has 1 aliphatic rings. The number of aliphatic carboxylic acids is 3. The Hall–Kier alpha value is -6.13. The molecule has 1 fully saturated rings. The average Bonchev–Trinajstić information content (AvgIpc) is 3.83. The Morgan fingerprint density at radius 3 is 1.97 bits per heavy atom. The maximum atomic E-state index is 13.9. The molecular weight excluding hydrogens is 768 g/mol. The fourth-order valence-corrected chi connectivity index (χ4v) is 6.12. The van der Waals surface area contributed by atoms with Gasteiger partial charge in [0, 0.05) is 25.6 Å². The van der Waals surface area contributed by atoms with Crippen LogP contribution in [0.15, 0.2) is 12.5 Å². The number of imidazole rings is 1. The number of hydrogen-bond donors (Lipinski definition) is 11. The first-order valence-electron chi connectivity index (χ1n) is 18.6. The molecule has 1 aromatic rings. The summed E-state index contributed by atoms with van der Waals surface area (Å²) in [7, 11) is 0. The van der Waals surface area contributed by atoms with Crippen molar-refractivity contribution >= 4 is 59.3 Å². The summed E-state index contributed by atoms with van der Waals surface area (Å²) in [6.45, 7) is 6.79. The van der Waals surface area contributed by atoms with E-state index in [0.717, 1.165) is 4.90 Å². The summed E-state index contributed by atoms with van der Waals surface area (Å²) in [6, 6.07) is -10.1. The molecule has 322 valence electrons. The third kappa shape index (κ3) is 15.4. The van der Waals surface area contributed by atoms with Crippen LogP contribution in [0.5, 0.6) is 0 Å². The lowest BCUT2D eigenvalue weighted by molar-refractivity contribution is -0.147. The summed E-state index contributed by atoms with van der Waals surface area (Å²) in [4.78, 5) is 135. The number of carbonyl (C=O) groups is 10. The number of likely N-dealkylation sites (tertiary alicyclic amines) is 1. The highest BCUT2D eigenvalue weighted by atomic mass is 16.4. The van der Waals surface area contributed by atoms with Crippen LogP contribution in [-0.4, -0.2) is 138 Å². The normalized spacial score (nSPS) is 16.9. The van der Waals surface area contributed by atoms with Gasteiger partial charge in [-0.3, -0.25) is 43.2 Å². The molecule has 0 aliphatic carbocycles. The molecule has 23 nitrogen and oxygen atoms in total. The van der Waals surface area contributed by atoms with E-state index in [1.807, 2.05) is 19.2 Å². The molecule has 0 spiro atoms. The van der Waals surface area contributed by atoms with Crippen molar-refractivity contribution in [2.24, 2.45) is 23.3 Å². The Balaban J connectivity index is 2.30. The Kier molecular flexibility index (Phi) is 18.7. The van der Waals surface area contributed by atoms with Gasteiger partial charge in [-0.25, -0.2) is 9.78 Å². The zero-order valence-electron chi connectivity index (χ0n) is 32.7. The van der Waals surface area contributed by atoms with Crippen LogP contribution in [0.25, 0.3) is 0 Å². The van der Waals surface area contributed by atoms with Crippen LogP contribution in [0.2, 0.25) is 0 Å². The van der Waals surface area contributed by atoms with Gasteiger partial charge in [-0.1, -0.05) is 27.7 Å². The van der Waals surface area contributed by atoms with E-state index in [9.17, 15) is 63.3 Å². The summed E-state index contributed by atoms with van der Waals surface area (Å²) >= 11 is 0. The molecule has 58 heavy (non-hydrogen) atoms. The number of carbonyl (C=O) groups excluding carboxylic acids is 7. The number of hydrogen-bond acceptors (Lipinski definition) is 12. The van der Waals surface area contributed by atoms with Crippen molar-refractivity contribution < 1.29 is 63.3 Å². The van der Waals surface area contributed by atoms with Gasteiger partial charge >= 0.3 is 17.9 Å². The molecule has 23 heteroatoms. The van der Waals surface area contributed by atoms with Crippen LogP contribution in [0, 0.1) is 11.8 Å². The van der Waals surface area contributed by atoms with E-state index in [0.29, 0.717) is 12.1 Å². The van der Waals surface area contributed by atoms with E-state index in [4.69, 9.17) is 11.5 Å². The molecule has 7 atom stereocenters. The van der Waals surface area contributed by atoms with Crippen molar-refractivity contribution in [3.63, 3.8) is 0 Å². The molecule has 2 heterocycles. The number of nitrogens with two attached hydrogens (primary N) is 2. The quantitative estimate of drug-likeness (QED) is 0.0486. The minimum Gasteiger partial charge on any atom is -0.481 e. The summed E-state index contributed by atoms with van der Waals surface area (Å²) in [5.74, 6) is -11.6. The Morgan fingerprint density at radius 1 is 0.810 bits per heavy atom. The fourth-order valence-electron chi connectivity index (χ4n) is 6.12. The first-order chi connectivity index (χ1) is 27.1. The minimum absolute atomic E-state index is 0.00657. The van der Waals surface area contributed by atoms with E-state index >= 15 is 0 Å². The molecule has 0 bridgehead atoms. The highest BCUT2D eigenvalue weighted by Gasteiger charge is 2.41. The first-order valence-corrected chi connectivity index (χ1v) is 18.6. The summed E-state index contributed by atoms with van der Waals surface area (Å²) in [5.41, 5.74) is 11.5. The SMILES string of the molecule is CC(C)C[C@H](N)C(=O)N[C@@H](Cc1c[nH]cn1)C(=O)N[C@H](C(=O)N[C@@H](CC(=O)O)C(=O)N1CCC[C@H]1C(=O)N[C@@H](CCC(=O)O)C(=O)N[C@@H](CC(N)=O)C(=O)O)C(C)C. The van der Waals surface area contributed by atoms with Crippen molar-refractivity contribution in [1.82, 2.24) is 41.5 Å². The van der Waals surface area contributed by atoms with Gasteiger partial charge in [0.1, 0.15) is 36.3 Å². The summed E-state index contributed by atoms with van der Waals surface area (Å²) in [6.07, 6.45) is 0.414. The predicted molar refractivity (Wildman–Crippen MR) is 200 cm³/mol. The van der Waals surface area contributed by atoms with Gasteiger partial charge in [0.25, 0.3) is 0 Å². The molecular formula is C35H54N10O13. The summed E-state index contributed by atoms with van der Waals surface area (Å²) < 4.78 is 0. The zero-order valence-corrected chi connectivity index (χ0v) is 32.7. The van der Waals surface area contributed by atoms with E-state index in [-0.39, 0.29) is 31.7 Å². The number of carboxylic acid groups (broad SMARTS) is 3. The second-order valence-corrected chi connectivity index (χ2v) is 14.7. The maximum Gasteiger partial charge on any atom is 0.326 e. The second kappa shape index (κ2) is 22.6. The van der Waals surface area contributed by atoms with Gasteiger partial charge < -0.3 is 63.3 Å². The highest BCUT2D eigenvalue weighted by molar-refractivity contribution is 5.98. The fraction of sp³-hybridized carbons (Fsp3) is 0.629. The number of H-pyrrole nitrogens is 1. The number of nitrogens with one attached hydrogen (secondary N) is 6. The van der Waals surface area contributed by atoms with Crippen LogP contribution >= 0.6 is 0 Å². The minimum atomic E-state index is -1.80. The predicted octanol–water partition coefficient (Wildman–Crippen LogP) is -3.30. The molecule has 1 aliphatic heterocycles. The molecule has 7 amide bonds. The molecule has 0 unspecified atom stereocenters. The molecule has 0 saturated carbocycles. The van der Waals surface area contributed by atoms with Crippen molar-refractivity contribution in [2.45, 2.75) is 121 Å². The molecule has 1 aromatic heterocycles. The third-order valence-electron chi connectivity index (χ3n) is 9.04.